The van der Waals surface area contributed by atoms with Crippen LogP contribution in [0.1, 0.15) is 17.3 Å². The summed E-state index contributed by atoms with van der Waals surface area (Å²) in [5.74, 6) is -4.81. The van der Waals surface area contributed by atoms with Crippen LogP contribution in [0.3, 0.4) is 0 Å². The molecule has 0 atom stereocenters. The molecule has 0 radical (unpaired) electrons. The molecule has 2 aromatic rings. The lowest BCUT2D eigenvalue weighted by Gasteiger charge is -2.08. The molecule has 0 heterocycles. The summed E-state index contributed by atoms with van der Waals surface area (Å²) in [7, 11) is 0. The van der Waals surface area contributed by atoms with E-state index in [-0.39, 0.29) is 11.3 Å². The van der Waals surface area contributed by atoms with Crippen LogP contribution in [0.25, 0.3) is 11.1 Å². The SMILES string of the molecule is CC(=O)c1ccc(F)c(-c2c(F)cc(F)cc2F)c1. The Morgan fingerprint density at radius 2 is 1.47 bits per heavy atom. The highest BCUT2D eigenvalue weighted by Crippen LogP contribution is 2.30. The Morgan fingerprint density at radius 1 is 0.895 bits per heavy atom. The van der Waals surface area contributed by atoms with Gasteiger partial charge in [0.1, 0.15) is 23.3 Å². The largest absolute Gasteiger partial charge is 0.295 e. The smallest absolute Gasteiger partial charge is 0.159 e. The molecule has 0 bridgehead atoms. The predicted octanol–water partition coefficient (Wildman–Crippen LogP) is 4.11. The van der Waals surface area contributed by atoms with E-state index in [2.05, 4.69) is 0 Å². The fourth-order valence-corrected chi connectivity index (χ4v) is 1.74. The standard InChI is InChI=1S/C14H8F4O/c1-7(19)8-2-3-11(16)10(4-8)14-12(17)5-9(15)6-13(14)18/h2-6H,1H3. The maximum Gasteiger partial charge on any atom is 0.159 e. The summed E-state index contributed by atoms with van der Waals surface area (Å²) in [6, 6.07) is 4.10. The molecule has 0 unspecified atom stereocenters. The molecule has 0 saturated heterocycles. The van der Waals surface area contributed by atoms with Gasteiger partial charge in [0.15, 0.2) is 5.78 Å². The molecule has 0 saturated carbocycles. The van der Waals surface area contributed by atoms with Gasteiger partial charge in [-0.1, -0.05) is 0 Å². The Balaban J connectivity index is 2.71. The van der Waals surface area contributed by atoms with Crippen molar-refractivity contribution in [2.45, 2.75) is 6.92 Å². The molecule has 98 valence electrons. The van der Waals surface area contributed by atoms with Gasteiger partial charge in [0.25, 0.3) is 0 Å². The summed E-state index contributed by atoms with van der Waals surface area (Å²) in [5.41, 5.74) is -0.996. The van der Waals surface area contributed by atoms with Crippen LogP contribution >= 0.6 is 0 Å². The van der Waals surface area contributed by atoms with Crippen molar-refractivity contribution in [3.05, 3.63) is 59.2 Å². The fourth-order valence-electron chi connectivity index (χ4n) is 1.74. The van der Waals surface area contributed by atoms with Crippen LogP contribution in [0.5, 0.6) is 0 Å². The van der Waals surface area contributed by atoms with Crippen molar-refractivity contribution in [3.63, 3.8) is 0 Å². The van der Waals surface area contributed by atoms with E-state index in [0.717, 1.165) is 12.1 Å². The lowest BCUT2D eigenvalue weighted by Crippen LogP contribution is -1.98. The van der Waals surface area contributed by atoms with E-state index in [1.807, 2.05) is 0 Å². The van der Waals surface area contributed by atoms with Crippen LogP contribution in [0, 0.1) is 23.3 Å². The normalized spacial score (nSPS) is 10.6. The molecule has 0 aromatic heterocycles. The molecule has 0 spiro atoms. The topological polar surface area (TPSA) is 17.1 Å². The second-order valence-electron chi connectivity index (χ2n) is 4.00. The van der Waals surface area contributed by atoms with E-state index in [4.69, 9.17) is 0 Å². The molecule has 0 N–H and O–H groups in total. The van der Waals surface area contributed by atoms with E-state index >= 15 is 0 Å². The Morgan fingerprint density at radius 3 is 2.00 bits per heavy atom. The second kappa shape index (κ2) is 4.84. The first-order valence-corrected chi connectivity index (χ1v) is 5.35. The highest BCUT2D eigenvalue weighted by molar-refractivity contribution is 5.95. The van der Waals surface area contributed by atoms with Crippen molar-refractivity contribution in [3.8, 4) is 11.1 Å². The Bertz CT molecular complexity index is 641. The molecule has 2 rings (SSSR count). The van der Waals surface area contributed by atoms with Crippen molar-refractivity contribution >= 4 is 5.78 Å². The van der Waals surface area contributed by atoms with Crippen LogP contribution in [-0.2, 0) is 0 Å². The van der Waals surface area contributed by atoms with Crippen molar-refractivity contribution < 1.29 is 22.4 Å². The van der Waals surface area contributed by atoms with Gasteiger partial charge in [-0.15, -0.1) is 0 Å². The zero-order chi connectivity index (χ0) is 14.2. The van der Waals surface area contributed by atoms with E-state index in [1.54, 1.807) is 0 Å². The summed E-state index contributed by atoms with van der Waals surface area (Å²) in [5, 5.41) is 0. The number of Topliss-reactive ketones (excluding diaryl/α,β-unsaturated/α-hetero) is 1. The number of hydrogen-bond donors (Lipinski definition) is 0. The first kappa shape index (κ1) is 13.3. The summed E-state index contributed by atoms with van der Waals surface area (Å²) in [4.78, 5) is 11.2. The lowest BCUT2D eigenvalue weighted by molar-refractivity contribution is 0.101. The van der Waals surface area contributed by atoms with E-state index in [0.29, 0.717) is 12.1 Å². The third-order valence-electron chi connectivity index (χ3n) is 2.65. The molecule has 0 fully saturated rings. The predicted molar refractivity (Wildman–Crippen MR) is 61.7 cm³/mol. The summed E-state index contributed by atoms with van der Waals surface area (Å²) in [6.45, 7) is 1.24. The van der Waals surface area contributed by atoms with Gasteiger partial charge in [0.05, 0.1) is 5.56 Å². The molecule has 19 heavy (non-hydrogen) atoms. The van der Waals surface area contributed by atoms with Crippen molar-refractivity contribution in [2.24, 2.45) is 0 Å². The van der Waals surface area contributed by atoms with Gasteiger partial charge in [-0.3, -0.25) is 4.79 Å². The van der Waals surface area contributed by atoms with Crippen LogP contribution in [-0.4, -0.2) is 5.78 Å². The number of carbonyl (C=O) groups excluding carboxylic acids is 1. The van der Waals surface area contributed by atoms with Gasteiger partial charge in [-0.05, 0) is 25.1 Å². The summed E-state index contributed by atoms with van der Waals surface area (Å²) in [6.07, 6.45) is 0. The van der Waals surface area contributed by atoms with Crippen LogP contribution in [0.15, 0.2) is 30.3 Å². The fraction of sp³-hybridized carbons (Fsp3) is 0.0714. The van der Waals surface area contributed by atoms with Crippen LogP contribution in [0.4, 0.5) is 17.6 Å². The highest BCUT2D eigenvalue weighted by Gasteiger charge is 2.18. The summed E-state index contributed by atoms with van der Waals surface area (Å²) >= 11 is 0. The average Bonchev–Trinajstić information content (AvgIpc) is 2.29. The molecule has 0 aliphatic carbocycles. The zero-order valence-electron chi connectivity index (χ0n) is 9.81. The highest BCUT2D eigenvalue weighted by atomic mass is 19.1. The monoisotopic (exact) mass is 268 g/mol. The number of rotatable bonds is 2. The third kappa shape index (κ3) is 2.50. The molecular formula is C14H8F4O. The van der Waals surface area contributed by atoms with E-state index in [1.165, 1.54) is 13.0 Å². The first-order valence-electron chi connectivity index (χ1n) is 5.35. The number of hydrogen-bond acceptors (Lipinski definition) is 1. The minimum atomic E-state index is -1.22. The van der Waals surface area contributed by atoms with Gasteiger partial charge in [-0.25, -0.2) is 17.6 Å². The van der Waals surface area contributed by atoms with Gasteiger partial charge < -0.3 is 0 Å². The van der Waals surface area contributed by atoms with Gasteiger partial charge in [0.2, 0.25) is 0 Å². The maximum atomic E-state index is 13.6. The maximum absolute atomic E-state index is 13.6. The molecule has 1 nitrogen and oxygen atoms in total. The average molecular weight is 268 g/mol. The Hall–Kier alpha value is -2.17. The zero-order valence-corrected chi connectivity index (χ0v) is 9.81. The van der Waals surface area contributed by atoms with E-state index < -0.39 is 34.4 Å². The van der Waals surface area contributed by atoms with Crippen LogP contribution in [0.2, 0.25) is 0 Å². The minimum Gasteiger partial charge on any atom is -0.295 e. The number of benzene rings is 2. The van der Waals surface area contributed by atoms with Crippen LogP contribution < -0.4 is 0 Å². The van der Waals surface area contributed by atoms with Crippen molar-refractivity contribution in [1.82, 2.24) is 0 Å². The van der Waals surface area contributed by atoms with Gasteiger partial charge in [0, 0.05) is 23.3 Å². The summed E-state index contributed by atoms with van der Waals surface area (Å²) < 4.78 is 53.6. The molecular weight excluding hydrogens is 260 g/mol. The quantitative estimate of drug-likeness (QED) is 0.591. The Kier molecular flexibility index (Phi) is 3.38. The third-order valence-corrected chi connectivity index (χ3v) is 2.65. The minimum absolute atomic E-state index is 0.111. The molecule has 0 amide bonds. The lowest BCUT2D eigenvalue weighted by atomic mass is 10.00. The molecule has 5 heteroatoms. The Labute approximate surface area is 106 Å². The number of ketones is 1. The molecule has 0 aliphatic heterocycles. The van der Waals surface area contributed by atoms with Gasteiger partial charge in [-0.2, -0.15) is 0 Å². The number of halogens is 4. The van der Waals surface area contributed by atoms with Gasteiger partial charge >= 0.3 is 0 Å². The van der Waals surface area contributed by atoms with E-state index in [9.17, 15) is 22.4 Å². The van der Waals surface area contributed by atoms with Crippen molar-refractivity contribution in [2.75, 3.05) is 0 Å². The second-order valence-corrected chi connectivity index (χ2v) is 4.00. The number of carbonyl (C=O) groups is 1. The molecule has 2 aromatic carbocycles. The first-order chi connectivity index (χ1) is 8.90. The van der Waals surface area contributed by atoms with Crippen molar-refractivity contribution in [1.29, 1.82) is 0 Å². The molecule has 0 aliphatic rings.